The van der Waals surface area contributed by atoms with Gasteiger partial charge in [0.1, 0.15) is 0 Å². The van der Waals surface area contributed by atoms with Gasteiger partial charge < -0.3 is 0 Å². The molecule has 4 rings (SSSR count). The Kier molecular flexibility index (Phi) is 17.5. The molecule has 2 aromatic carbocycles. The van der Waals surface area contributed by atoms with Crippen LogP contribution in [-0.2, 0) is 41.5 Å². The van der Waals surface area contributed by atoms with E-state index >= 15 is 0 Å². The van der Waals surface area contributed by atoms with Crippen LogP contribution in [0.2, 0.25) is 0 Å². The number of allylic oxidation sites excluding steroid dienone is 4. The molecule has 0 aromatic heterocycles. The summed E-state index contributed by atoms with van der Waals surface area (Å²) < 4.78 is 1.79. The van der Waals surface area contributed by atoms with Crippen molar-refractivity contribution in [3.05, 3.63) is 83.0 Å². The van der Waals surface area contributed by atoms with E-state index in [4.69, 9.17) is 0 Å². The first kappa shape index (κ1) is 37.3. The summed E-state index contributed by atoms with van der Waals surface area (Å²) in [5.41, 5.74) is 8.70. The van der Waals surface area contributed by atoms with Crippen LogP contribution in [0.5, 0.6) is 0 Å². The van der Waals surface area contributed by atoms with Gasteiger partial charge in [0.2, 0.25) is 0 Å². The zero-order valence-corrected chi connectivity index (χ0v) is 29.2. The van der Waals surface area contributed by atoms with Crippen LogP contribution in [-0.4, -0.2) is 3.21 Å². The number of benzene rings is 2. The zero-order valence-electron chi connectivity index (χ0n) is 25.1. The van der Waals surface area contributed by atoms with E-state index in [1.165, 1.54) is 71.9 Å². The van der Waals surface area contributed by atoms with Gasteiger partial charge in [-0.25, -0.2) is 12.2 Å². The molecule has 0 fully saturated rings. The van der Waals surface area contributed by atoms with Gasteiger partial charge in [0.15, 0.2) is 0 Å². The van der Waals surface area contributed by atoms with Crippen LogP contribution in [0, 0.1) is 12.1 Å². The molecule has 0 nitrogen and oxygen atoms in total. The second-order valence-electron chi connectivity index (χ2n) is 12.1. The summed E-state index contributed by atoms with van der Waals surface area (Å²) in [7, 11) is 0. The van der Waals surface area contributed by atoms with E-state index in [9.17, 15) is 0 Å². The van der Waals surface area contributed by atoms with Crippen LogP contribution < -0.4 is 0 Å². The second kappa shape index (κ2) is 17.8. The molecule has 0 amide bonds. The van der Waals surface area contributed by atoms with Crippen molar-refractivity contribution in [1.82, 2.24) is 0 Å². The Balaban J connectivity index is 0.000000676. The van der Waals surface area contributed by atoms with Crippen LogP contribution in [0.15, 0.2) is 48.6 Å². The van der Waals surface area contributed by atoms with Gasteiger partial charge in [-0.1, -0.05) is 65.3 Å². The number of hydrogen-bond donors (Lipinski definition) is 0. The van der Waals surface area contributed by atoms with Crippen LogP contribution >= 0.6 is 24.8 Å². The van der Waals surface area contributed by atoms with Crippen LogP contribution in [0.1, 0.15) is 123 Å². The quantitative estimate of drug-likeness (QED) is 0.237. The van der Waals surface area contributed by atoms with Crippen LogP contribution in [0.4, 0.5) is 0 Å². The predicted molar refractivity (Wildman–Crippen MR) is 171 cm³/mol. The van der Waals surface area contributed by atoms with Crippen molar-refractivity contribution in [2.75, 3.05) is 0 Å². The molecule has 0 saturated carbocycles. The van der Waals surface area contributed by atoms with Crippen molar-refractivity contribution in [3.8, 4) is 11.1 Å². The standard InChI is InChI=1S/C21H25.C9H18.C5H5.2ClH.Zr/c1-20(2,3)16-7-9-18-14(12-16)11-15-13-17(21(4,5)6)8-10-19(15)18;1-3-5-7-9-8-6-4-2;1-2-4-5-3-1;;;/h7-10,12H,11H2,1-6H3;3-8H2,1-2H3;1-3H,4H2;2*1H;/q-1;;-1;;;+2. The number of halogens is 2. The summed E-state index contributed by atoms with van der Waals surface area (Å²) in [6.07, 6.45) is 19.3. The van der Waals surface area contributed by atoms with Crippen LogP contribution in [0.25, 0.3) is 11.1 Å². The first-order valence-electron chi connectivity index (χ1n) is 13.9. The maximum Gasteiger partial charge on any atom is -0.109 e. The van der Waals surface area contributed by atoms with E-state index in [2.05, 4.69) is 104 Å². The van der Waals surface area contributed by atoms with E-state index in [-0.39, 0.29) is 35.6 Å². The normalized spacial score (nSPS) is 12.7. The molecule has 0 unspecified atom stereocenters. The molecular weight excluding hydrogens is 583 g/mol. The average Bonchev–Trinajstić information content (AvgIpc) is 3.51. The monoisotopic (exact) mass is 630 g/mol. The van der Waals surface area contributed by atoms with Crippen molar-refractivity contribution < 1.29 is 24.2 Å². The molecule has 2 aliphatic rings. The molecule has 0 atom stereocenters. The van der Waals surface area contributed by atoms with E-state index in [0.717, 1.165) is 12.8 Å². The zero-order chi connectivity index (χ0) is 26.8. The molecular formula is C35H50Cl2Zr. The molecule has 38 heavy (non-hydrogen) atoms. The Morgan fingerprint density at radius 3 is 1.89 bits per heavy atom. The molecule has 3 heteroatoms. The van der Waals surface area contributed by atoms with Crippen molar-refractivity contribution >= 4 is 28.0 Å². The van der Waals surface area contributed by atoms with Crippen molar-refractivity contribution in [3.63, 3.8) is 0 Å². The van der Waals surface area contributed by atoms with Gasteiger partial charge in [-0.2, -0.15) is 29.8 Å². The van der Waals surface area contributed by atoms with E-state index in [1.54, 1.807) is 27.4 Å². The minimum Gasteiger partial charge on any atom is -0.273 e. The Morgan fingerprint density at radius 2 is 1.45 bits per heavy atom. The largest absolute Gasteiger partial charge is 0.273 e. The molecule has 0 bridgehead atoms. The maximum atomic E-state index is 3.67. The van der Waals surface area contributed by atoms with Gasteiger partial charge in [-0.15, -0.1) is 42.4 Å². The van der Waals surface area contributed by atoms with Gasteiger partial charge >= 0.3 is 79.8 Å². The van der Waals surface area contributed by atoms with Crippen molar-refractivity contribution in [2.24, 2.45) is 0 Å². The summed E-state index contributed by atoms with van der Waals surface area (Å²) in [4.78, 5) is 0. The smallest absolute Gasteiger partial charge is 0.109 e. The molecule has 0 radical (unpaired) electrons. The average molecular weight is 633 g/mol. The van der Waals surface area contributed by atoms with Crippen molar-refractivity contribution in [2.45, 2.75) is 118 Å². The fourth-order valence-electron chi connectivity index (χ4n) is 4.27. The third-order valence-electron chi connectivity index (χ3n) is 6.71. The molecule has 2 aliphatic carbocycles. The van der Waals surface area contributed by atoms with Gasteiger partial charge in [-0.3, -0.25) is 6.08 Å². The first-order valence-corrected chi connectivity index (χ1v) is 15.2. The fourth-order valence-corrected chi connectivity index (χ4v) is 5.14. The Hall–Kier alpha value is -0.747. The Morgan fingerprint density at radius 1 is 0.842 bits per heavy atom. The van der Waals surface area contributed by atoms with E-state index in [1.807, 2.05) is 12.2 Å². The third kappa shape index (κ3) is 12.2. The van der Waals surface area contributed by atoms with Gasteiger partial charge in [0.25, 0.3) is 0 Å². The molecule has 0 spiro atoms. The Labute approximate surface area is 262 Å². The number of unbranched alkanes of at least 4 members (excludes halogenated alkanes) is 2. The maximum absolute atomic E-state index is 3.67. The topological polar surface area (TPSA) is 0 Å². The number of rotatable bonds is 6. The predicted octanol–water partition coefficient (Wildman–Crippen LogP) is 10.9. The van der Waals surface area contributed by atoms with Gasteiger partial charge in [-0.05, 0) is 28.4 Å². The van der Waals surface area contributed by atoms with E-state index in [0.29, 0.717) is 0 Å². The first-order chi connectivity index (χ1) is 17.0. The summed E-state index contributed by atoms with van der Waals surface area (Å²) in [6.45, 7) is 18.1. The SMILES string of the molecule is CC(C)(C)c1[c-]c2c(cc1)-c1ccc(C(C)(C)C)cc1C2.CCCC[C](=[Zr+2])CCCC.Cl.Cl.[C-]1=CC=CC1. The number of hydrogen-bond acceptors (Lipinski definition) is 0. The summed E-state index contributed by atoms with van der Waals surface area (Å²) in [6, 6.07) is 15.2. The van der Waals surface area contributed by atoms with Crippen molar-refractivity contribution in [1.29, 1.82) is 0 Å². The molecule has 0 saturated heterocycles. The van der Waals surface area contributed by atoms with Crippen LogP contribution in [0.3, 0.4) is 0 Å². The van der Waals surface area contributed by atoms with Gasteiger partial charge in [0.05, 0.1) is 0 Å². The minimum atomic E-state index is 0. The second-order valence-corrected chi connectivity index (χ2v) is 13.9. The molecule has 0 heterocycles. The molecule has 0 N–H and O–H groups in total. The summed E-state index contributed by atoms with van der Waals surface area (Å²) >= 11 is 1.67. The minimum absolute atomic E-state index is 0. The summed E-state index contributed by atoms with van der Waals surface area (Å²) in [5, 5.41) is 0. The molecule has 2 aromatic rings. The third-order valence-corrected chi connectivity index (χ3v) is 7.94. The van der Waals surface area contributed by atoms with E-state index < -0.39 is 0 Å². The molecule has 0 aliphatic heterocycles. The van der Waals surface area contributed by atoms with Gasteiger partial charge in [0, 0.05) is 0 Å². The number of fused-ring (bicyclic) bond motifs is 3. The molecule has 208 valence electrons. The summed E-state index contributed by atoms with van der Waals surface area (Å²) in [5.74, 6) is 0. The fraction of sp³-hybridized carbons (Fsp3) is 0.514. The Bertz CT molecular complexity index is 967.